The van der Waals surface area contributed by atoms with Crippen LogP contribution >= 0.6 is 22.7 Å². The average molecular weight is 309 g/mol. The van der Waals surface area contributed by atoms with E-state index in [4.69, 9.17) is 0 Å². The van der Waals surface area contributed by atoms with Crippen molar-refractivity contribution in [1.29, 1.82) is 0 Å². The molecule has 2 aromatic rings. The summed E-state index contributed by atoms with van der Waals surface area (Å²) in [5, 5.41) is 7.80. The van der Waals surface area contributed by atoms with Gasteiger partial charge < -0.3 is 9.57 Å². The van der Waals surface area contributed by atoms with Crippen LogP contribution in [-0.2, 0) is 14.4 Å². The lowest BCUT2D eigenvalue weighted by molar-refractivity contribution is -0.132. The highest BCUT2D eigenvalue weighted by Gasteiger charge is 2.18. The number of aliphatic imine (C=N–C) groups is 1. The summed E-state index contributed by atoms with van der Waals surface area (Å²) in [6, 6.07) is 3.90. The van der Waals surface area contributed by atoms with Gasteiger partial charge in [-0.1, -0.05) is 11.2 Å². The molecule has 2 rings (SSSR count). The van der Waals surface area contributed by atoms with Crippen LogP contribution in [0.1, 0.15) is 10.6 Å². The third kappa shape index (κ3) is 3.49. The first-order chi connectivity index (χ1) is 9.74. The zero-order valence-electron chi connectivity index (χ0n) is 10.8. The number of ether oxygens (including phenoxy) is 1. The summed E-state index contributed by atoms with van der Waals surface area (Å²) in [6.45, 7) is 0. The second-order valence-corrected chi connectivity index (χ2v) is 5.22. The first-order valence-electron chi connectivity index (χ1n) is 5.47. The fraction of sp³-hybridized carbons (Fsp3) is 0.167. The summed E-state index contributed by atoms with van der Waals surface area (Å²) in [7, 11) is 2.63. The fourth-order valence-corrected chi connectivity index (χ4v) is 2.52. The fourth-order valence-electron chi connectivity index (χ4n) is 1.29. The van der Waals surface area contributed by atoms with E-state index in [-0.39, 0.29) is 5.71 Å². The minimum absolute atomic E-state index is 0.0174. The molecule has 6 nitrogen and oxygen atoms in total. The van der Waals surface area contributed by atoms with Gasteiger partial charge in [-0.25, -0.2) is 14.8 Å². The number of thiophene rings is 1. The van der Waals surface area contributed by atoms with E-state index in [1.165, 1.54) is 25.6 Å². The molecular formula is C12H11N3O3S2. The normalized spacial score (nSPS) is 11.8. The highest BCUT2D eigenvalue weighted by atomic mass is 32.1. The van der Waals surface area contributed by atoms with Gasteiger partial charge in [0.25, 0.3) is 0 Å². The Morgan fingerprint density at radius 3 is 2.90 bits per heavy atom. The molecule has 0 aromatic carbocycles. The van der Waals surface area contributed by atoms with Gasteiger partial charge in [0.1, 0.15) is 12.8 Å². The number of thiazole rings is 1. The van der Waals surface area contributed by atoms with Crippen molar-refractivity contribution >= 4 is 45.7 Å². The molecule has 8 heteroatoms. The van der Waals surface area contributed by atoms with Crippen molar-refractivity contribution in [2.45, 2.75) is 0 Å². The van der Waals surface area contributed by atoms with Gasteiger partial charge in [-0.2, -0.15) is 0 Å². The zero-order valence-corrected chi connectivity index (χ0v) is 12.4. The van der Waals surface area contributed by atoms with Crippen molar-refractivity contribution in [3.05, 3.63) is 33.5 Å². The third-order valence-corrected chi connectivity index (χ3v) is 3.70. The van der Waals surface area contributed by atoms with Crippen molar-refractivity contribution < 1.29 is 14.4 Å². The van der Waals surface area contributed by atoms with E-state index in [0.717, 1.165) is 4.88 Å². The lowest BCUT2D eigenvalue weighted by Gasteiger charge is -1.99. The van der Waals surface area contributed by atoms with Crippen LogP contribution in [0.2, 0.25) is 0 Å². The van der Waals surface area contributed by atoms with Crippen LogP contribution in [0, 0.1) is 0 Å². The lowest BCUT2D eigenvalue weighted by Crippen LogP contribution is -2.17. The Balaban J connectivity index is 2.19. The van der Waals surface area contributed by atoms with Crippen LogP contribution in [-0.4, -0.2) is 37.1 Å². The van der Waals surface area contributed by atoms with Crippen molar-refractivity contribution in [2.24, 2.45) is 10.1 Å². The number of hydrogen-bond acceptors (Lipinski definition) is 8. The largest absolute Gasteiger partial charge is 0.464 e. The van der Waals surface area contributed by atoms with Crippen molar-refractivity contribution in [3.63, 3.8) is 0 Å². The number of rotatable bonds is 5. The molecule has 2 aromatic heterocycles. The van der Waals surface area contributed by atoms with Crippen LogP contribution < -0.4 is 0 Å². The van der Waals surface area contributed by atoms with E-state index in [1.54, 1.807) is 22.9 Å². The lowest BCUT2D eigenvalue weighted by atomic mass is 10.3. The minimum Gasteiger partial charge on any atom is -0.464 e. The maximum Gasteiger partial charge on any atom is 0.362 e. The molecule has 20 heavy (non-hydrogen) atoms. The molecule has 0 radical (unpaired) electrons. The van der Waals surface area contributed by atoms with Crippen LogP contribution in [0.15, 0.2) is 33.0 Å². The summed E-state index contributed by atoms with van der Waals surface area (Å²) in [5.41, 5.74) is 0.394. The Hall–Kier alpha value is -2.06. The van der Waals surface area contributed by atoms with E-state index in [9.17, 15) is 4.79 Å². The molecule has 2 heterocycles. The number of esters is 1. The zero-order chi connectivity index (χ0) is 14.4. The number of oxime groups is 1. The Morgan fingerprint density at radius 2 is 2.25 bits per heavy atom. The minimum atomic E-state index is -0.606. The van der Waals surface area contributed by atoms with Crippen molar-refractivity contribution in [1.82, 2.24) is 4.98 Å². The molecule has 0 saturated carbocycles. The van der Waals surface area contributed by atoms with Crippen molar-refractivity contribution in [2.75, 3.05) is 14.2 Å². The molecule has 0 saturated heterocycles. The average Bonchev–Trinajstić information content (AvgIpc) is 3.12. The van der Waals surface area contributed by atoms with Gasteiger partial charge in [-0.05, 0) is 11.4 Å². The predicted molar refractivity (Wildman–Crippen MR) is 79.2 cm³/mol. The molecule has 0 atom stereocenters. The van der Waals surface area contributed by atoms with Crippen molar-refractivity contribution in [3.8, 4) is 0 Å². The van der Waals surface area contributed by atoms with E-state index in [1.807, 2.05) is 17.5 Å². The topological polar surface area (TPSA) is 73.1 Å². The van der Waals surface area contributed by atoms with Crippen LogP contribution in [0.3, 0.4) is 0 Å². The van der Waals surface area contributed by atoms with E-state index >= 15 is 0 Å². The number of carbonyl (C=O) groups is 1. The smallest absolute Gasteiger partial charge is 0.362 e. The second kappa shape index (κ2) is 6.92. The number of nitrogens with zero attached hydrogens (tertiary/aromatic N) is 3. The number of methoxy groups -OCH3 is 1. The first-order valence-corrected chi connectivity index (χ1v) is 7.23. The summed E-state index contributed by atoms with van der Waals surface area (Å²) in [5.74, 6) is -0.606. The number of aromatic nitrogens is 1. The van der Waals surface area contributed by atoms with E-state index in [0.29, 0.717) is 10.8 Å². The predicted octanol–water partition coefficient (Wildman–Crippen LogP) is 2.48. The highest BCUT2D eigenvalue weighted by molar-refractivity contribution is 7.14. The summed E-state index contributed by atoms with van der Waals surface area (Å²) in [6.07, 6.45) is 1.72. The van der Waals surface area contributed by atoms with Gasteiger partial charge in [0.2, 0.25) is 10.8 Å². The molecule has 0 fully saturated rings. The Kier molecular flexibility index (Phi) is 4.97. The van der Waals surface area contributed by atoms with Gasteiger partial charge >= 0.3 is 5.97 Å². The molecule has 0 N–H and O–H groups in total. The molecule has 0 aliphatic carbocycles. The van der Waals surface area contributed by atoms with Gasteiger partial charge in [0.05, 0.1) is 7.11 Å². The van der Waals surface area contributed by atoms with Crippen LogP contribution in [0.5, 0.6) is 0 Å². The summed E-state index contributed by atoms with van der Waals surface area (Å²) in [4.78, 5) is 25.7. The standard InChI is InChI=1S/C12H11N3O3S2/c1-17-11(16)10(15-18-2)9-7-20-12(14-9)13-6-8-4-3-5-19-8/h3-7H,1-2H3/b13-6+,15-10-. The molecule has 104 valence electrons. The molecule has 0 amide bonds. The highest BCUT2D eigenvalue weighted by Crippen LogP contribution is 2.20. The molecule has 0 spiro atoms. The van der Waals surface area contributed by atoms with E-state index in [2.05, 4.69) is 24.7 Å². The Labute approximate surface area is 123 Å². The summed E-state index contributed by atoms with van der Waals surface area (Å²) < 4.78 is 4.63. The maximum absolute atomic E-state index is 11.6. The second-order valence-electron chi connectivity index (χ2n) is 3.40. The van der Waals surface area contributed by atoms with Crippen LogP contribution in [0.25, 0.3) is 0 Å². The maximum atomic E-state index is 11.6. The monoisotopic (exact) mass is 309 g/mol. The van der Waals surface area contributed by atoms with E-state index < -0.39 is 5.97 Å². The summed E-state index contributed by atoms with van der Waals surface area (Å²) >= 11 is 2.89. The van der Waals surface area contributed by atoms with Gasteiger partial charge in [0.15, 0.2) is 0 Å². The number of hydrogen-bond donors (Lipinski definition) is 0. The SMILES string of the molecule is CO/N=C(\C(=O)OC)c1csc(/N=C/c2cccs2)n1. The van der Waals surface area contributed by atoms with Gasteiger partial charge in [-0.15, -0.1) is 22.7 Å². The number of carbonyl (C=O) groups excluding carboxylic acids is 1. The molecular weight excluding hydrogens is 298 g/mol. The Bertz CT molecular complexity index is 632. The Morgan fingerprint density at radius 1 is 1.40 bits per heavy atom. The molecule has 0 unspecified atom stereocenters. The molecule has 0 aliphatic rings. The quantitative estimate of drug-likeness (QED) is 0.483. The molecule has 0 aliphatic heterocycles. The van der Waals surface area contributed by atoms with Crippen LogP contribution in [0.4, 0.5) is 5.13 Å². The molecule has 0 bridgehead atoms. The first kappa shape index (κ1) is 14.4. The van der Waals surface area contributed by atoms with Gasteiger partial charge in [0, 0.05) is 16.5 Å². The third-order valence-electron chi connectivity index (χ3n) is 2.14. The van der Waals surface area contributed by atoms with Gasteiger partial charge in [-0.3, -0.25) is 0 Å².